The Kier molecular flexibility index (Phi) is 2.73. The van der Waals surface area contributed by atoms with Gasteiger partial charge in [-0.1, -0.05) is 0 Å². The molecule has 1 heterocycles. The lowest BCUT2D eigenvalue weighted by molar-refractivity contribution is -0.142. The molecule has 1 spiro atoms. The van der Waals surface area contributed by atoms with E-state index in [-0.39, 0.29) is 17.7 Å². The molecular weight excluding hydrogens is 194 g/mol. The van der Waals surface area contributed by atoms with Crippen LogP contribution in [-0.4, -0.2) is 49.8 Å². The molecule has 2 rings (SSSR count). The molecule has 1 saturated carbocycles. The Labute approximate surface area is 90.5 Å². The Balaban J connectivity index is 1.87. The Hall–Kier alpha value is -0.610. The Morgan fingerprint density at radius 1 is 1.40 bits per heavy atom. The van der Waals surface area contributed by atoms with Gasteiger partial charge in [-0.25, -0.2) is 4.79 Å². The van der Waals surface area contributed by atoms with Crippen molar-refractivity contribution in [2.24, 2.45) is 0 Å². The molecule has 0 amide bonds. The molecule has 1 atom stereocenters. The van der Waals surface area contributed by atoms with E-state index in [9.17, 15) is 4.79 Å². The molecule has 0 aromatic heterocycles. The van der Waals surface area contributed by atoms with Gasteiger partial charge in [0, 0.05) is 6.04 Å². The number of hydrogen-bond acceptors (Lipinski definition) is 4. The van der Waals surface area contributed by atoms with E-state index in [4.69, 9.17) is 9.47 Å². The van der Waals surface area contributed by atoms with Gasteiger partial charge >= 0.3 is 5.97 Å². The second-order valence-electron chi connectivity index (χ2n) is 4.78. The van der Waals surface area contributed by atoms with Gasteiger partial charge in [0.25, 0.3) is 0 Å². The van der Waals surface area contributed by atoms with E-state index in [1.165, 1.54) is 7.11 Å². The van der Waals surface area contributed by atoms with Crippen LogP contribution in [0.1, 0.15) is 25.7 Å². The number of nitrogens with zero attached hydrogens (tertiary/aromatic N) is 1. The summed E-state index contributed by atoms with van der Waals surface area (Å²) in [5, 5.41) is 0. The lowest BCUT2D eigenvalue weighted by Gasteiger charge is -2.31. The van der Waals surface area contributed by atoms with Crippen molar-refractivity contribution >= 4 is 5.97 Å². The van der Waals surface area contributed by atoms with E-state index in [0.717, 1.165) is 25.7 Å². The molecule has 0 aromatic rings. The summed E-state index contributed by atoms with van der Waals surface area (Å²) < 4.78 is 10.2. The Morgan fingerprint density at radius 3 is 2.47 bits per heavy atom. The standard InChI is InChI=1S/C11H19NO3/c1-12(2)8-4-6-11(7-5-8)9(15-11)10(13)14-3/h8-9H,4-7H2,1-3H3. The molecule has 2 fully saturated rings. The average Bonchev–Trinajstić information content (AvgIpc) is 2.92. The molecular formula is C11H19NO3. The van der Waals surface area contributed by atoms with Crippen molar-refractivity contribution in [1.82, 2.24) is 4.90 Å². The van der Waals surface area contributed by atoms with Crippen LogP contribution < -0.4 is 0 Å². The van der Waals surface area contributed by atoms with E-state index < -0.39 is 0 Å². The molecule has 86 valence electrons. The molecule has 0 aromatic carbocycles. The van der Waals surface area contributed by atoms with E-state index >= 15 is 0 Å². The van der Waals surface area contributed by atoms with Crippen molar-refractivity contribution in [3.63, 3.8) is 0 Å². The van der Waals surface area contributed by atoms with Gasteiger partial charge in [0.15, 0.2) is 6.10 Å². The minimum absolute atomic E-state index is 0.167. The monoisotopic (exact) mass is 213 g/mol. The molecule has 1 unspecified atom stereocenters. The molecule has 0 N–H and O–H groups in total. The highest BCUT2D eigenvalue weighted by Crippen LogP contribution is 2.49. The molecule has 0 radical (unpaired) electrons. The van der Waals surface area contributed by atoms with Gasteiger partial charge in [0.1, 0.15) is 5.60 Å². The smallest absolute Gasteiger partial charge is 0.338 e. The van der Waals surface area contributed by atoms with Crippen LogP contribution in [0.3, 0.4) is 0 Å². The highest BCUT2D eigenvalue weighted by molar-refractivity contribution is 5.79. The van der Waals surface area contributed by atoms with Crippen LogP contribution in [0.25, 0.3) is 0 Å². The maximum atomic E-state index is 11.3. The maximum Gasteiger partial charge on any atom is 0.338 e. The van der Waals surface area contributed by atoms with Crippen LogP contribution in [0.4, 0.5) is 0 Å². The van der Waals surface area contributed by atoms with E-state index in [2.05, 4.69) is 19.0 Å². The maximum absolute atomic E-state index is 11.3. The first-order valence-electron chi connectivity index (χ1n) is 5.51. The molecule has 4 heteroatoms. The summed E-state index contributed by atoms with van der Waals surface area (Å²) in [6.45, 7) is 0. The van der Waals surface area contributed by atoms with Gasteiger partial charge in [-0.3, -0.25) is 0 Å². The van der Waals surface area contributed by atoms with E-state index in [0.29, 0.717) is 6.04 Å². The lowest BCUT2D eigenvalue weighted by Crippen LogP contribution is -2.36. The molecule has 15 heavy (non-hydrogen) atoms. The first kappa shape index (κ1) is 10.9. The Bertz CT molecular complexity index is 257. The number of rotatable bonds is 2. The molecule has 1 aliphatic carbocycles. The molecule has 1 aliphatic heterocycles. The summed E-state index contributed by atoms with van der Waals surface area (Å²) in [7, 11) is 5.63. The second kappa shape index (κ2) is 3.76. The largest absolute Gasteiger partial charge is 0.467 e. The van der Waals surface area contributed by atoms with Gasteiger partial charge in [0.2, 0.25) is 0 Å². The third kappa shape index (κ3) is 1.88. The summed E-state index contributed by atoms with van der Waals surface area (Å²) in [5.41, 5.74) is -0.167. The zero-order valence-electron chi connectivity index (χ0n) is 9.66. The topological polar surface area (TPSA) is 42.1 Å². The fourth-order valence-electron chi connectivity index (χ4n) is 2.56. The third-order valence-corrected chi connectivity index (χ3v) is 3.72. The number of hydrogen-bond donors (Lipinski definition) is 0. The fourth-order valence-corrected chi connectivity index (χ4v) is 2.56. The van der Waals surface area contributed by atoms with Crippen molar-refractivity contribution in [3.05, 3.63) is 0 Å². The number of ether oxygens (including phenoxy) is 2. The number of carbonyl (C=O) groups excluding carboxylic acids is 1. The predicted molar refractivity (Wildman–Crippen MR) is 55.6 cm³/mol. The first-order valence-corrected chi connectivity index (χ1v) is 5.51. The van der Waals surface area contributed by atoms with E-state index in [1.807, 2.05) is 0 Å². The van der Waals surface area contributed by atoms with Gasteiger partial charge in [0.05, 0.1) is 7.11 Å². The first-order chi connectivity index (χ1) is 7.09. The highest BCUT2D eigenvalue weighted by Gasteiger charge is 2.62. The van der Waals surface area contributed by atoms with Gasteiger partial charge in [-0.2, -0.15) is 0 Å². The second-order valence-corrected chi connectivity index (χ2v) is 4.78. The van der Waals surface area contributed by atoms with Crippen LogP contribution in [0.5, 0.6) is 0 Å². The molecule has 2 aliphatic rings. The van der Waals surface area contributed by atoms with Crippen molar-refractivity contribution in [2.75, 3.05) is 21.2 Å². The SMILES string of the molecule is COC(=O)C1OC12CCC(N(C)C)CC2. The minimum atomic E-state index is -0.286. The Morgan fingerprint density at radius 2 is 2.00 bits per heavy atom. The number of carbonyl (C=O) groups is 1. The molecule has 1 saturated heterocycles. The van der Waals surface area contributed by atoms with Crippen LogP contribution in [0, 0.1) is 0 Å². The van der Waals surface area contributed by atoms with Crippen molar-refractivity contribution in [1.29, 1.82) is 0 Å². The number of epoxide rings is 1. The normalized spacial score (nSPS) is 39.5. The predicted octanol–water partition coefficient (Wildman–Crippen LogP) is 0.801. The summed E-state index contributed by atoms with van der Waals surface area (Å²) in [5.74, 6) is -0.210. The van der Waals surface area contributed by atoms with Crippen molar-refractivity contribution < 1.29 is 14.3 Å². The highest BCUT2D eigenvalue weighted by atomic mass is 16.7. The van der Waals surface area contributed by atoms with Gasteiger partial charge < -0.3 is 14.4 Å². The summed E-state index contributed by atoms with van der Waals surface area (Å²) in [6, 6.07) is 0.637. The van der Waals surface area contributed by atoms with Crippen LogP contribution in [-0.2, 0) is 14.3 Å². The van der Waals surface area contributed by atoms with Crippen molar-refractivity contribution in [2.45, 2.75) is 43.4 Å². The van der Waals surface area contributed by atoms with Gasteiger partial charge in [-0.05, 0) is 39.8 Å². The van der Waals surface area contributed by atoms with Crippen LogP contribution >= 0.6 is 0 Å². The zero-order chi connectivity index (χ0) is 11.1. The summed E-state index contributed by atoms with van der Waals surface area (Å²) >= 11 is 0. The number of esters is 1. The van der Waals surface area contributed by atoms with E-state index in [1.54, 1.807) is 0 Å². The third-order valence-electron chi connectivity index (χ3n) is 3.72. The fraction of sp³-hybridized carbons (Fsp3) is 0.909. The average molecular weight is 213 g/mol. The molecule has 4 nitrogen and oxygen atoms in total. The van der Waals surface area contributed by atoms with Crippen LogP contribution in [0.15, 0.2) is 0 Å². The lowest BCUT2D eigenvalue weighted by atomic mass is 9.83. The summed E-state index contributed by atoms with van der Waals surface area (Å²) in [4.78, 5) is 13.6. The minimum Gasteiger partial charge on any atom is -0.467 e. The van der Waals surface area contributed by atoms with Crippen molar-refractivity contribution in [3.8, 4) is 0 Å². The summed E-state index contributed by atoms with van der Waals surface area (Å²) in [6.07, 6.45) is 3.90. The van der Waals surface area contributed by atoms with Crippen LogP contribution in [0.2, 0.25) is 0 Å². The molecule has 0 bridgehead atoms. The van der Waals surface area contributed by atoms with Gasteiger partial charge in [-0.15, -0.1) is 0 Å². The zero-order valence-corrected chi connectivity index (χ0v) is 9.66. The number of methoxy groups -OCH3 is 1. The quantitative estimate of drug-likeness (QED) is 0.502.